The fourth-order valence-electron chi connectivity index (χ4n) is 3.62. The quantitative estimate of drug-likeness (QED) is 0.885. The molecule has 3 rings (SSSR count). The van der Waals surface area contributed by atoms with Crippen LogP contribution in [0.1, 0.15) is 38.2 Å². The number of methoxy groups -OCH3 is 1. The van der Waals surface area contributed by atoms with Gasteiger partial charge in [0.15, 0.2) is 0 Å². The summed E-state index contributed by atoms with van der Waals surface area (Å²) in [4.78, 5) is 12.8. The number of fused-ring (bicyclic) bond motifs is 1. The summed E-state index contributed by atoms with van der Waals surface area (Å²) in [6.07, 6.45) is 0.631. The normalized spacial score (nSPS) is 26.0. The standard InChI is InChI=1S/C18H22N4O2/c1-11-13(8-6-10-19)18(23)22-17(20-11)16(12(2)21-22)14-7-4-5-9-15(14)24-3/h4-5,7,9,12,16-17,20-21H,6,8H2,1-3H3. The highest BCUT2D eigenvalue weighted by molar-refractivity contribution is 5.95. The van der Waals surface area contributed by atoms with Crippen LogP contribution in [0.15, 0.2) is 35.5 Å². The van der Waals surface area contributed by atoms with Gasteiger partial charge in [0, 0.05) is 35.2 Å². The van der Waals surface area contributed by atoms with Crippen molar-refractivity contribution in [3.05, 3.63) is 41.1 Å². The van der Waals surface area contributed by atoms with Gasteiger partial charge in [-0.25, -0.2) is 5.43 Å². The molecular weight excluding hydrogens is 304 g/mol. The van der Waals surface area contributed by atoms with Gasteiger partial charge >= 0.3 is 0 Å². The number of hydrazine groups is 1. The monoisotopic (exact) mass is 326 g/mol. The van der Waals surface area contributed by atoms with E-state index in [1.807, 2.05) is 31.2 Å². The predicted octanol–water partition coefficient (Wildman–Crippen LogP) is 2.02. The lowest BCUT2D eigenvalue weighted by molar-refractivity contribution is -0.132. The lowest BCUT2D eigenvalue weighted by atomic mass is 9.89. The molecule has 0 bridgehead atoms. The Balaban J connectivity index is 1.95. The number of ether oxygens (including phenoxy) is 1. The Morgan fingerprint density at radius 3 is 2.83 bits per heavy atom. The van der Waals surface area contributed by atoms with E-state index < -0.39 is 0 Å². The lowest BCUT2D eigenvalue weighted by Crippen LogP contribution is -2.54. The Morgan fingerprint density at radius 1 is 1.38 bits per heavy atom. The van der Waals surface area contributed by atoms with Crippen molar-refractivity contribution in [1.29, 1.82) is 5.26 Å². The van der Waals surface area contributed by atoms with Crippen molar-refractivity contribution >= 4 is 5.91 Å². The average molecular weight is 326 g/mol. The fraction of sp³-hybridized carbons (Fsp3) is 0.444. The van der Waals surface area contributed by atoms with Gasteiger partial charge in [0.1, 0.15) is 11.9 Å². The van der Waals surface area contributed by atoms with Crippen LogP contribution in [0, 0.1) is 11.3 Å². The number of allylic oxidation sites excluding steroid dienone is 1. The molecule has 0 aromatic heterocycles. The lowest BCUT2D eigenvalue weighted by Gasteiger charge is -2.35. The number of hydrogen-bond acceptors (Lipinski definition) is 5. The molecule has 0 spiro atoms. The number of para-hydroxylation sites is 1. The zero-order valence-electron chi connectivity index (χ0n) is 14.2. The number of carbonyl (C=O) groups excluding carboxylic acids is 1. The first-order valence-electron chi connectivity index (χ1n) is 8.14. The van der Waals surface area contributed by atoms with Crippen LogP contribution in [-0.2, 0) is 4.79 Å². The minimum Gasteiger partial charge on any atom is -0.496 e. The SMILES string of the molecule is COc1ccccc1C1C(C)NN2C(=O)C(CCC#N)=C(C)NC12. The smallest absolute Gasteiger partial charge is 0.267 e. The van der Waals surface area contributed by atoms with Crippen LogP contribution in [0.2, 0.25) is 0 Å². The topological polar surface area (TPSA) is 77.4 Å². The second-order valence-corrected chi connectivity index (χ2v) is 6.21. The molecule has 2 aliphatic rings. The van der Waals surface area contributed by atoms with E-state index in [4.69, 9.17) is 10.00 Å². The van der Waals surface area contributed by atoms with Crippen LogP contribution < -0.4 is 15.5 Å². The Kier molecular flexibility index (Phi) is 4.45. The summed E-state index contributed by atoms with van der Waals surface area (Å²) in [6, 6.07) is 10.1. The molecule has 6 heteroatoms. The van der Waals surface area contributed by atoms with E-state index in [0.717, 1.165) is 17.0 Å². The first kappa shape index (κ1) is 16.3. The van der Waals surface area contributed by atoms with Crippen LogP contribution in [-0.4, -0.2) is 30.2 Å². The minimum absolute atomic E-state index is 0.0456. The van der Waals surface area contributed by atoms with Crippen LogP contribution in [0.4, 0.5) is 0 Å². The molecule has 0 radical (unpaired) electrons. The first-order valence-corrected chi connectivity index (χ1v) is 8.14. The maximum atomic E-state index is 12.8. The molecule has 1 fully saturated rings. The Bertz CT molecular complexity index is 722. The molecule has 3 unspecified atom stereocenters. The van der Waals surface area contributed by atoms with Gasteiger partial charge in [-0.3, -0.25) is 9.80 Å². The van der Waals surface area contributed by atoms with Crippen LogP contribution >= 0.6 is 0 Å². The molecular formula is C18H22N4O2. The molecule has 6 nitrogen and oxygen atoms in total. The average Bonchev–Trinajstić information content (AvgIpc) is 2.91. The summed E-state index contributed by atoms with van der Waals surface area (Å²) in [7, 11) is 1.66. The summed E-state index contributed by atoms with van der Waals surface area (Å²) in [5.74, 6) is 0.845. The minimum atomic E-state index is -0.172. The molecule has 0 saturated carbocycles. The summed E-state index contributed by atoms with van der Waals surface area (Å²) in [6.45, 7) is 3.97. The van der Waals surface area contributed by atoms with E-state index in [0.29, 0.717) is 18.4 Å². The van der Waals surface area contributed by atoms with Gasteiger partial charge in [0.05, 0.1) is 13.2 Å². The second kappa shape index (κ2) is 6.54. The van der Waals surface area contributed by atoms with Crippen molar-refractivity contribution in [2.24, 2.45) is 0 Å². The number of nitriles is 1. The van der Waals surface area contributed by atoms with Gasteiger partial charge in [-0.05, 0) is 26.3 Å². The maximum absolute atomic E-state index is 12.8. The molecule has 1 amide bonds. The number of rotatable bonds is 4. The number of hydrogen-bond donors (Lipinski definition) is 2. The maximum Gasteiger partial charge on any atom is 0.267 e. The van der Waals surface area contributed by atoms with Crippen molar-refractivity contribution in [3.63, 3.8) is 0 Å². The van der Waals surface area contributed by atoms with Crippen molar-refractivity contribution in [2.75, 3.05) is 7.11 Å². The highest BCUT2D eigenvalue weighted by Crippen LogP contribution is 2.38. The van der Waals surface area contributed by atoms with E-state index in [1.165, 1.54) is 0 Å². The van der Waals surface area contributed by atoms with Crippen LogP contribution in [0.25, 0.3) is 0 Å². The van der Waals surface area contributed by atoms with Gasteiger partial charge in [0.2, 0.25) is 0 Å². The number of nitrogens with zero attached hydrogens (tertiary/aromatic N) is 2. The molecule has 3 atom stereocenters. The number of carbonyl (C=O) groups is 1. The third-order valence-electron chi connectivity index (χ3n) is 4.78. The molecule has 126 valence electrons. The summed E-state index contributed by atoms with van der Waals surface area (Å²) in [5, 5.41) is 13.9. The third kappa shape index (κ3) is 2.61. The summed E-state index contributed by atoms with van der Waals surface area (Å²) in [5.41, 5.74) is 5.88. The molecule has 2 N–H and O–H groups in total. The van der Waals surface area contributed by atoms with Gasteiger partial charge < -0.3 is 10.1 Å². The van der Waals surface area contributed by atoms with Crippen LogP contribution in [0.3, 0.4) is 0 Å². The molecule has 2 aliphatic heterocycles. The van der Waals surface area contributed by atoms with Gasteiger partial charge in [-0.1, -0.05) is 18.2 Å². The summed E-state index contributed by atoms with van der Waals surface area (Å²) < 4.78 is 5.51. The molecule has 24 heavy (non-hydrogen) atoms. The number of nitrogens with one attached hydrogen (secondary N) is 2. The van der Waals surface area contributed by atoms with Crippen molar-refractivity contribution in [3.8, 4) is 11.8 Å². The molecule has 1 aromatic rings. The largest absolute Gasteiger partial charge is 0.496 e. The second-order valence-electron chi connectivity index (χ2n) is 6.21. The van der Waals surface area contributed by atoms with Gasteiger partial charge in [0.25, 0.3) is 5.91 Å². The summed E-state index contributed by atoms with van der Waals surface area (Å²) >= 11 is 0. The van der Waals surface area contributed by atoms with Crippen LogP contribution in [0.5, 0.6) is 5.75 Å². The van der Waals surface area contributed by atoms with E-state index in [9.17, 15) is 4.79 Å². The van der Waals surface area contributed by atoms with Crippen molar-refractivity contribution in [1.82, 2.24) is 15.8 Å². The van der Waals surface area contributed by atoms with E-state index in [2.05, 4.69) is 23.7 Å². The first-order chi connectivity index (χ1) is 11.6. The van der Waals surface area contributed by atoms with E-state index in [1.54, 1.807) is 12.1 Å². The van der Waals surface area contributed by atoms with Gasteiger partial charge in [-0.15, -0.1) is 0 Å². The van der Waals surface area contributed by atoms with Crippen molar-refractivity contribution in [2.45, 2.75) is 44.8 Å². The van der Waals surface area contributed by atoms with Crippen molar-refractivity contribution < 1.29 is 9.53 Å². The molecule has 0 aliphatic carbocycles. The molecule has 1 saturated heterocycles. The highest BCUT2D eigenvalue weighted by atomic mass is 16.5. The Hall–Kier alpha value is -2.52. The Labute approximate surface area is 142 Å². The number of benzene rings is 1. The number of amides is 1. The van der Waals surface area contributed by atoms with Gasteiger partial charge in [-0.2, -0.15) is 5.26 Å². The zero-order chi connectivity index (χ0) is 17.3. The molecule has 1 aromatic carbocycles. The highest BCUT2D eigenvalue weighted by Gasteiger charge is 2.46. The van der Waals surface area contributed by atoms with E-state index in [-0.39, 0.29) is 24.0 Å². The fourth-order valence-corrected chi connectivity index (χ4v) is 3.62. The zero-order valence-corrected chi connectivity index (χ0v) is 14.2. The van der Waals surface area contributed by atoms with E-state index >= 15 is 0 Å². The molecule has 2 heterocycles. The third-order valence-corrected chi connectivity index (χ3v) is 4.78. The predicted molar refractivity (Wildman–Crippen MR) is 89.6 cm³/mol. The Morgan fingerprint density at radius 2 is 2.12 bits per heavy atom.